The van der Waals surface area contributed by atoms with Crippen LogP contribution in [-0.2, 0) is 16.1 Å². The number of unbranched alkanes of at least 4 members (excludes halogenated alkanes) is 1. The number of thioether (sulfide) groups is 1. The predicted octanol–water partition coefficient (Wildman–Crippen LogP) is 5.20. The Morgan fingerprint density at radius 2 is 1.73 bits per heavy atom. The molecule has 1 atom stereocenters. The van der Waals surface area contributed by atoms with E-state index in [1.807, 2.05) is 56.3 Å². The number of carbonyl (C=O) groups excluding carboxylic acids is 2. The molecule has 2 rings (SSSR count). The van der Waals surface area contributed by atoms with Crippen molar-refractivity contribution in [3.63, 3.8) is 0 Å². The molecule has 2 aromatic carbocycles. The number of hydrogen-bond donors (Lipinski definition) is 1. The lowest BCUT2D eigenvalue weighted by molar-refractivity contribution is -0.141. The van der Waals surface area contributed by atoms with Crippen LogP contribution in [0.3, 0.4) is 0 Å². The molecule has 0 saturated carbocycles. The first-order chi connectivity index (χ1) is 14.5. The standard InChI is InChI=1S/C25H34N2O2S/c1-4-6-17-26-25(29)23(5-2)27(19-21-14-12-20(3)13-15-21)24(28)16-18-30-22-10-8-7-9-11-22/h7-15,23H,4-6,16-19H2,1-3H3,(H,26,29)/t23-/m0/s1. The number of rotatable bonds is 12. The second-order valence-electron chi connectivity index (χ2n) is 7.49. The normalized spacial score (nSPS) is 11.7. The highest BCUT2D eigenvalue weighted by atomic mass is 32.2. The van der Waals surface area contributed by atoms with Crippen LogP contribution in [0.4, 0.5) is 0 Å². The highest BCUT2D eigenvalue weighted by Gasteiger charge is 2.28. The van der Waals surface area contributed by atoms with E-state index < -0.39 is 6.04 Å². The van der Waals surface area contributed by atoms with Crippen LogP contribution in [0.15, 0.2) is 59.5 Å². The number of carbonyl (C=O) groups is 2. The maximum Gasteiger partial charge on any atom is 0.242 e. The fourth-order valence-corrected chi connectivity index (χ4v) is 4.09. The van der Waals surface area contributed by atoms with Crippen molar-refractivity contribution in [2.45, 2.75) is 63.9 Å². The van der Waals surface area contributed by atoms with Crippen molar-refractivity contribution >= 4 is 23.6 Å². The summed E-state index contributed by atoms with van der Waals surface area (Å²) in [5, 5.41) is 3.01. The van der Waals surface area contributed by atoms with E-state index in [1.54, 1.807) is 16.7 Å². The second-order valence-corrected chi connectivity index (χ2v) is 8.66. The van der Waals surface area contributed by atoms with Crippen LogP contribution < -0.4 is 5.32 Å². The van der Waals surface area contributed by atoms with Gasteiger partial charge in [0, 0.05) is 30.2 Å². The van der Waals surface area contributed by atoms with Crippen molar-refractivity contribution in [2.75, 3.05) is 12.3 Å². The molecule has 4 nitrogen and oxygen atoms in total. The Balaban J connectivity index is 2.08. The van der Waals surface area contributed by atoms with Gasteiger partial charge in [-0.2, -0.15) is 0 Å². The van der Waals surface area contributed by atoms with E-state index in [0.717, 1.165) is 23.3 Å². The first-order valence-corrected chi connectivity index (χ1v) is 11.8. The molecular formula is C25H34N2O2S. The molecular weight excluding hydrogens is 392 g/mol. The van der Waals surface area contributed by atoms with Crippen molar-refractivity contribution < 1.29 is 9.59 Å². The summed E-state index contributed by atoms with van der Waals surface area (Å²) in [6.07, 6.45) is 2.98. The van der Waals surface area contributed by atoms with Crippen LogP contribution in [0.5, 0.6) is 0 Å². The van der Waals surface area contributed by atoms with Gasteiger partial charge in [-0.25, -0.2) is 0 Å². The number of nitrogens with zero attached hydrogens (tertiary/aromatic N) is 1. The van der Waals surface area contributed by atoms with Gasteiger partial charge in [-0.3, -0.25) is 9.59 Å². The largest absolute Gasteiger partial charge is 0.354 e. The first-order valence-electron chi connectivity index (χ1n) is 10.9. The molecule has 5 heteroatoms. The maximum absolute atomic E-state index is 13.2. The summed E-state index contributed by atoms with van der Waals surface area (Å²) in [5.41, 5.74) is 2.23. The third kappa shape index (κ3) is 7.86. The molecule has 0 spiro atoms. The van der Waals surface area contributed by atoms with Crippen molar-refractivity contribution in [1.82, 2.24) is 10.2 Å². The third-order valence-corrected chi connectivity index (χ3v) is 6.03. The fraction of sp³-hybridized carbons (Fsp3) is 0.440. The predicted molar refractivity (Wildman–Crippen MR) is 126 cm³/mol. The summed E-state index contributed by atoms with van der Waals surface area (Å²) in [7, 11) is 0. The SMILES string of the molecule is CCCCNC(=O)[C@H](CC)N(Cc1ccc(C)cc1)C(=O)CCSc1ccccc1. The lowest BCUT2D eigenvalue weighted by Gasteiger charge is -2.30. The minimum atomic E-state index is -0.447. The molecule has 30 heavy (non-hydrogen) atoms. The molecule has 0 saturated heterocycles. The van der Waals surface area contributed by atoms with Crippen LogP contribution in [0.1, 0.15) is 50.7 Å². The van der Waals surface area contributed by atoms with Crippen LogP contribution >= 0.6 is 11.8 Å². The number of hydrogen-bond acceptors (Lipinski definition) is 3. The molecule has 0 bridgehead atoms. The Morgan fingerprint density at radius 1 is 1.03 bits per heavy atom. The summed E-state index contributed by atoms with van der Waals surface area (Å²) in [5.74, 6) is 0.667. The van der Waals surface area contributed by atoms with Gasteiger partial charge in [0.15, 0.2) is 0 Å². The quantitative estimate of drug-likeness (QED) is 0.375. The average molecular weight is 427 g/mol. The number of benzene rings is 2. The number of aryl methyl sites for hydroxylation is 1. The molecule has 0 heterocycles. The highest BCUT2D eigenvalue weighted by Crippen LogP contribution is 2.20. The smallest absolute Gasteiger partial charge is 0.242 e. The lowest BCUT2D eigenvalue weighted by atomic mass is 10.1. The monoisotopic (exact) mass is 426 g/mol. The Bertz CT molecular complexity index is 777. The van der Waals surface area contributed by atoms with E-state index in [4.69, 9.17) is 0 Å². The number of amides is 2. The molecule has 0 fully saturated rings. The van der Waals surface area contributed by atoms with E-state index >= 15 is 0 Å². The lowest BCUT2D eigenvalue weighted by Crippen LogP contribution is -2.49. The van der Waals surface area contributed by atoms with Gasteiger partial charge in [0.05, 0.1) is 0 Å². The van der Waals surface area contributed by atoms with E-state index in [-0.39, 0.29) is 11.8 Å². The van der Waals surface area contributed by atoms with Gasteiger partial charge in [0.2, 0.25) is 11.8 Å². The van der Waals surface area contributed by atoms with Crippen molar-refractivity contribution in [3.05, 3.63) is 65.7 Å². The van der Waals surface area contributed by atoms with E-state index in [1.165, 1.54) is 5.56 Å². The van der Waals surface area contributed by atoms with Crippen LogP contribution in [-0.4, -0.2) is 35.1 Å². The minimum Gasteiger partial charge on any atom is -0.354 e. The molecule has 2 amide bonds. The van der Waals surface area contributed by atoms with E-state index in [0.29, 0.717) is 31.7 Å². The Morgan fingerprint density at radius 3 is 2.37 bits per heavy atom. The zero-order chi connectivity index (χ0) is 21.8. The summed E-state index contributed by atoms with van der Waals surface area (Å²) < 4.78 is 0. The molecule has 162 valence electrons. The van der Waals surface area contributed by atoms with Crippen LogP contribution in [0.2, 0.25) is 0 Å². The van der Waals surface area contributed by atoms with E-state index in [2.05, 4.69) is 24.4 Å². The van der Waals surface area contributed by atoms with Crippen LogP contribution in [0, 0.1) is 6.92 Å². The average Bonchev–Trinajstić information content (AvgIpc) is 2.76. The zero-order valence-electron chi connectivity index (χ0n) is 18.4. The maximum atomic E-state index is 13.2. The molecule has 2 aromatic rings. The first kappa shape index (κ1) is 24.0. The van der Waals surface area contributed by atoms with Crippen molar-refractivity contribution in [3.8, 4) is 0 Å². The fourth-order valence-electron chi connectivity index (χ4n) is 3.23. The zero-order valence-corrected chi connectivity index (χ0v) is 19.2. The van der Waals surface area contributed by atoms with E-state index in [9.17, 15) is 9.59 Å². The molecule has 0 aliphatic rings. The van der Waals surface area contributed by atoms with Crippen molar-refractivity contribution in [2.24, 2.45) is 0 Å². The van der Waals surface area contributed by atoms with Gasteiger partial charge in [0.25, 0.3) is 0 Å². The van der Waals surface area contributed by atoms with Gasteiger partial charge in [-0.1, -0.05) is 68.3 Å². The summed E-state index contributed by atoms with van der Waals surface area (Å²) in [6, 6.07) is 17.8. The van der Waals surface area contributed by atoms with Gasteiger partial charge < -0.3 is 10.2 Å². The Kier molecular flexibility index (Phi) is 10.5. The minimum absolute atomic E-state index is 0.0245. The van der Waals surface area contributed by atoms with Crippen LogP contribution in [0.25, 0.3) is 0 Å². The topological polar surface area (TPSA) is 49.4 Å². The summed E-state index contributed by atoms with van der Waals surface area (Å²) in [6.45, 7) is 7.22. The Labute approximate surface area is 185 Å². The molecule has 0 aromatic heterocycles. The second kappa shape index (κ2) is 13.1. The number of nitrogens with one attached hydrogen (secondary N) is 1. The molecule has 0 aliphatic heterocycles. The summed E-state index contributed by atoms with van der Waals surface area (Å²) in [4.78, 5) is 28.9. The highest BCUT2D eigenvalue weighted by molar-refractivity contribution is 7.99. The van der Waals surface area contributed by atoms with Gasteiger partial charge >= 0.3 is 0 Å². The Hall–Kier alpha value is -2.27. The van der Waals surface area contributed by atoms with Gasteiger partial charge in [-0.15, -0.1) is 11.8 Å². The third-order valence-electron chi connectivity index (χ3n) is 5.02. The summed E-state index contributed by atoms with van der Waals surface area (Å²) >= 11 is 1.67. The van der Waals surface area contributed by atoms with Gasteiger partial charge in [0.1, 0.15) is 6.04 Å². The molecule has 0 aliphatic carbocycles. The van der Waals surface area contributed by atoms with Gasteiger partial charge in [-0.05, 0) is 37.5 Å². The molecule has 0 unspecified atom stereocenters. The molecule has 0 radical (unpaired) electrons. The molecule has 1 N–H and O–H groups in total. The van der Waals surface area contributed by atoms with Crippen molar-refractivity contribution in [1.29, 1.82) is 0 Å².